The Hall–Kier alpha value is -1.18. The van der Waals surface area contributed by atoms with E-state index in [2.05, 4.69) is 31.6 Å². The van der Waals surface area contributed by atoms with E-state index in [1.165, 1.54) is 4.90 Å². The first-order valence-corrected chi connectivity index (χ1v) is 8.89. The Labute approximate surface area is 160 Å². The van der Waals surface area contributed by atoms with Gasteiger partial charge in [0.15, 0.2) is 11.7 Å². The molecule has 24 heavy (non-hydrogen) atoms. The van der Waals surface area contributed by atoms with E-state index < -0.39 is 0 Å². The molecule has 0 heterocycles. The third kappa shape index (κ3) is 7.15. The van der Waals surface area contributed by atoms with Crippen molar-refractivity contribution in [1.82, 2.24) is 15.5 Å². The molecule has 0 aliphatic heterocycles. The Kier molecular flexibility index (Phi) is 9.25. The predicted octanol–water partition coefficient (Wildman–Crippen LogP) is 2.78. The first kappa shape index (κ1) is 20.9. The molecule has 6 nitrogen and oxygen atoms in total. The summed E-state index contributed by atoms with van der Waals surface area (Å²) >= 11 is 15.5. The Morgan fingerprint density at radius 1 is 1.29 bits per heavy atom. The van der Waals surface area contributed by atoms with Gasteiger partial charge in [-0.25, -0.2) is 4.99 Å². The zero-order chi connectivity index (χ0) is 18.1. The van der Waals surface area contributed by atoms with Crippen molar-refractivity contribution < 1.29 is 9.53 Å². The fraction of sp³-hybridized carbons (Fsp3) is 0.467. The number of carbonyl (C=O) groups excluding carboxylic acids is 1. The summed E-state index contributed by atoms with van der Waals surface area (Å²) < 4.78 is 6.40. The highest BCUT2D eigenvalue weighted by atomic mass is 79.9. The van der Waals surface area contributed by atoms with E-state index in [4.69, 9.17) is 27.9 Å². The first-order chi connectivity index (χ1) is 11.3. The monoisotopic (exact) mass is 438 g/mol. The quantitative estimate of drug-likeness (QED) is 0.389. The summed E-state index contributed by atoms with van der Waals surface area (Å²) in [4.78, 5) is 17.3. The van der Waals surface area contributed by atoms with Crippen molar-refractivity contribution in [2.24, 2.45) is 4.99 Å². The Morgan fingerprint density at radius 3 is 2.46 bits per heavy atom. The van der Waals surface area contributed by atoms with Gasteiger partial charge >= 0.3 is 0 Å². The third-order valence-corrected chi connectivity index (χ3v) is 3.84. The molecule has 0 aliphatic carbocycles. The number of likely N-dealkylation sites (N-methyl/N-ethyl adjacent to an activating group) is 1. The van der Waals surface area contributed by atoms with Crippen molar-refractivity contribution in [2.45, 2.75) is 6.92 Å². The maximum atomic E-state index is 11.6. The van der Waals surface area contributed by atoms with Crippen LogP contribution in [0, 0.1) is 0 Å². The first-order valence-electron chi connectivity index (χ1n) is 7.34. The van der Waals surface area contributed by atoms with Crippen LogP contribution in [0.4, 0.5) is 0 Å². The maximum Gasteiger partial charge on any atom is 0.243 e. The number of nitrogens with one attached hydrogen (secondary N) is 2. The fourth-order valence-electron chi connectivity index (χ4n) is 1.62. The molecule has 2 N–H and O–H groups in total. The van der Waals surface area contributed by atoms with Crippen LogP contribution in [0.25, 0.3) is 0 Å². The molecule has 0 fully saturated rings. The van der Waals surface area contributed by atoms with Gasteiger partial charge in [0.05, 0.1) is 16.6 Å². The SMILES string of the molecule is CCNC(=NCC(=O)N(C)C)NCCOc1c(Cl)cc(Br)cc1Cl. The molecule has 1 rings (SSSR count). The number of benzene rings is 1. The summed E-state index contributed by atoms with van der Waals surface area (Å²) in [6.45, 7) is 3.53. The molecule has 0 saturated carbocycles. The normalized spacial score (nSPS) is 11.2. The second-order valence-corrected chi connectivity index (χ2v) is 6.69. The lowest BCUT2D eigenvalue weighted by atomic mass is 10.3. The number of ether oxygens (including phenoxy) is 1. The van der Waals surface area contributed by atoms with Crippen molar-refractivity contribution in [1.29, 1.82) is 0 Å². The number of rotatable bonds is 7. The van der Waals surface area contributed by atoms with E-state index >= 15 is 0 Å². The second kappa shape index (κ2) is 10.6. The summed E-state index contributed by atoms with van der Waals surface area (Å²) in [6, 6.07) is 3.43. The molecule has 0 unspecified atom stereocenters. The van der Waals surface area contributed by atoms with Crippen LogP contribution in [0.2, 0.25) is 10.0 Å². The van der Waals surface area contributed by atoms with Crippen molar-refractivity contribution in [3.05, 3.63) is 26.7 Å². The van der Waals surface area contributed by atoms with Gasteiger partial charge in [-0.1, -0.05) is 39.1 Å². The molecule has 9 heteroatoms. The lowest BCUT2D eigenvalue weighted by molar-refractivity contribution is -0.127. The number of nitrogens with zero attached hydrogens (tertiary/aromatic N) is 2. The van der Waals surface area contributed by atoms with Crippen molar-refractivity contribution in [3.63, 3.8) is 0 Å². The largest absolute Gasteiger partial charge is 0.489 e. The predicted molar refractivity (Wildman–Crippen MR) is 102 cm³/mol. The van der Waals surface area contributed by atoms with Gasteiger partial charge in [0.1, 0.15) is 13.2 Å². The molecule has 1 aromatic carbocycles. The van der Waals surface area contributed by atoms with Crippen LogP contribution >= 0.6 is 39.1 Å². The van der Waals surface area contributed by atoms with E-state index in [-0.39, 0.29) is 12.5 Å². The molecule has 1 amide bonds. The number of carbonyl (C=O) groups is 1. The van der Waals surface area contributed by atoms with Crippen LogP contribution in [-0.2, 0) is 4.79 Å². The second-order valence-electron chi connectivity index (χ2n) is 4.96. The van der Waals surface area contributed by atoms with Gasteiger partial charge in [-0.05, 0) is 19.1 Å². The molecule has 1 aromatic rings. The van der Waals surface area contributed by atoms with E-state index in [9.17, 15) is 4.79 Å². The van der Waals surface area contributed by atoms with Gasteiger partial charge < -0.3 is 20.3 Å². The van der Waals surface area contributed by atoms with Gasteiger partial charge in [-0.3, -0.25) is 4.79 Å². The Morgan fingerprint density at radius 2 is 1.92 bits per heavy atom. The van der Waals surface area contributed by atoms with E-state index in [1.807, 2.05) is 6.92 Å². The molecule has 0 radical (unpaired) electrons. The third-order valence-electron chi connectivity index (χ3n) is 2.82. The molecule has 0 aliphatic rings. The number of hydrogen-bond donors (Lipinski definition) is 2. The highest BCUT2D eigenvalue weighted by Gasteiger charge is 2.09. The molecule has 0 aromatic heterocycles. The summed E-state index contributed by atoms with van der Waals surface area (Å²) in [5.41, 5.74) is 0. The number of aliphatic imine (C=N–C) groups is 1. The van der Waals surface area contributed by atoms with Crippen LogP contribution in [0.15, 0.2) is 21.6 Å². The number of hydrogen-bond acceptors (Lipinski definition) is 3. The summed E-state index contributed by atoms with van der Waals surface area (Å²) in [7, 11) is 3.38. The minimum Gasteiger partial charge on any atom is -0.489 e. The fourth-order valence-corrected chi connectivity index (χ4v) is 2.94. The van der Waals surface area contributed by atoms with Gasteiger partial charge in [0, 0.05) is 25.1 Å². The van der Waals surface area contributed by atoms with Gasteiger partial charge in [0.25, 0.3) is 0 Å². The van der Waals surface area contributed by atoms with E-state index in [1.54, 1.807) is 26.2 Å². The van der Waals surface area contributed by atoms with Crippen LogP contribution < -0.4 is 15.4 Å². The molecular weight excluding hydrogens is 419 g/mol. The topological polar surface area (TPSA) is 66.0 Å². The molecule has 0 atom stereocenters. The zero-order valence-electron chi connectivity index (χ0n) is 13.8. The lowest BCUT2D eigenvalue weighted by Gasteiger charge is -2.14. The van der Waals surface area contributed by atoms with Gasteiger partial charge in [-0.15, -0.1) is 0 Å². The summed E-state index contributed by atoms with van der Waals surface area (Å²) in [5.74, 6) is 0.911. The molecule has 134 valence electrons. The van der Waals surface area contributed by atoms with Crippen molar-refractivity contribution in [3.8, 4) is 5.75 Å². The van der Waals surface area contributed by atoms with E-state index in [0.29, 0.717) is 41.5 Å². The standard InChI is InChI=1S/C15H21BrCl2N4O2/c1-4-19-15(21-9-13(23)22(2)3)20-5-6-24-14-11(17)7-10(16)8-12(14)18/h7-8H,4-6,9H2,1-3H3,(H2,19,20,21). The van der Waals surface area contributed by atoms with Crippen LogP contribution in [-0.4, -0.2) is 57.1 Å². The molecular formula is C15H21BrCl2N4O2. The van der Waals surface area contributed by atoms with Crippen LogP contribution in [0.5, 0.6) is 5.75 Å². The summed E-state index contributed by atoms with van der Waals surface area (Å²) in [6.07, 6.45) is 0. The van der Waals surface area contributed by atoms with Crippen molar-refractivity contribution in [2.75, 3.05) is 40.3 Å². The smallest absolute Gasteiger partial charge is 0.243 e. The van der Waals surface area contributed by atoms with Crippen LogP contribution in [0.1, 0.15) is 6.92 Å². The number of halogens is 3. The Balaban J connectivity index is 2.51. The minimum absolute atomic E-state index is 0.0723. The molecule has 0 bridgehead atoms. The maximum absolute atomic E-state index is 11.6. The lowest BCUT2D eigenvalue weighted by Crippen LogP contribution is -2.40. The molecule has 0 spiro atoms. The summed E-state index contributed by atoms with van der Waals surface area (Å²) in [5, 5.41) is 7.02. The van der Waals surface area contributed by atoms with Crippen LogP contribution in [0.3, 0.4) is 0 Å². The highest BCUT2D eigenvalue weighted by Crippen LogP contribution is 2.35. The number of guanidine groups is 1. The zero-order valence-corrected chi connectivity index (χ0v) is 16.9. The number of amides is 1. The van der Waals surface area contributed by atoms with Gasteiger partial charge in [-0.2, -0.15) is 0 Å². The van der Waals surface area contributed by atoms with Crippen molar-refractivity contribution >= 4 is 51.0 Å². The van der Waals surface area contributed by atoms with E-state index in [0.717, 1.165) is 4.47 Å². The molecule has 0 saturated heterocycles. The Bertz CT molecular complexity index is 574. The highest BCUT2D eigenvalue weighted by molar-refractivity contribution is 9.10. The van der Waals surface area contributed by atoms with Gasteiger partial charge in [0.2, 0.25) is 5.91 Å². The average molecular weight is 440 g/mol. The minimum atomic E-state index is -0.0723. The average Bonchev–Trinajstić information content (AvgIpc) is 2.50.